The van der Waals surface area contributed by atoms with Gasteiger partial charge in [0.1, 0.15) is 6.10 Å². The van der Waals surface area contributed by atoms with Crippen LogP contribution in [0.5, 0.6) is 5.88 Å². The van der Waals surface area contributed by atoms with E-state index >= 15 is 0 Å². The van der Waals surface area contributed by atoms with Crippen LogP contribution in [0.1, 0.15) is 37.7 Å². The first kappa shape index (κ1) is 19.4. The number of piperazine rings is 1. The Morgan fingerprint density at radius 3 is 2.38 bits per heavy atom. The molecule has 1 aliphatic heterocycles. The van der Waals surface area contributed by atoms with Gasteiger partial charge in [-0.3, -0.25) is 4.79 Å². The number of carbonyl (C=O) groups is 1. The minimum atomic E-state index is 0.0517. The van der Waals surface area contributed by atoms with Crippen molar-refractivity contribution in [3.05, 3.63) is 54.1 Å². The predicted molar refractivity (Wildman–Crippen MR) is 114 cm³/mol. The van der Waals surface area contributed by atoms with Crippen LogP contribution in [-0.4, -0.2) is 53.3 Å². The van der Waals surface area contributed by atoms with Gasteiger partial charge in [-0.1, -0.05) is 36.8 Å². The molecule has 0 radical (unpaired) electrons. The second kappa shape index (κ2) is 9.54. The van der Waals surface area contributed by atoms with E-state index in [4.69, 9.17) is 4.74 Å². The van der Waals surface area contributed by atoms with Gasteiger partial charge in [0.15, 0.2) is 5.82 Å². The number of amides is 1. The number of ether oxygens (including phenoxy) is 1. The Hall–Kier alpha value is -2.89. The monoisotopic (exact) mass is 392 g/mol. The fourth-order valence-corrected chi connectivity index (χ4v) is 3.89. The summed E-state index contributed by atoms with van der Waals surface area (Å²) in [6.45, 7) is 2.87. The highest BCUT2D eigenvalue weighted by Crippen LogP contribution is 2.23. The maximum Gasteiger partial charge on any atom is 0.246 e. The van der Waals surface area contributed by atoms with Gasteiger partial charge in [-0.25, -0.2) is 0 Å². The van der Waals surface area contributed by atoms with Gasteiger partial charge in [-0.05, 0) is 43.4 Å². The molecule has 0 unspecified atom stereocenters. The average molecular weight is 393 g/mol. The lowest BCUT2D eigenvalue weighted by atomic mass is 9.98. The Balaban J connectivity index is 1.26. The number of hydrogen-bond acceptors (Lipinski definition) is 5. The molecule has 1 saturated heterocycles. The second-order valence-electron chi connectivity index (χ2n) is 7.66. The Bertz CT molecular complexity index is 809. The van der Waals surface area contributed by atoms with Gasteiger partial charge in [0.05, 0.1) is 0 Å². The smallest absolute Gasteiger partial charge is 0.246 e. The third kappa shape index (κ3) is 5.34. The number of rotatable bonds is 5. The van der Waals surface area contributed by atoms with Gasteiger partial charge in [0, 0.05) is 38.3 Å². The van der Waals surface area contributed by atoms with E-state index in [1.807, 2.05) is 53.4 Å². The largest absolute Gasteiger partial charge is 0.473 e. The molecule has 0 spiro atoms. The minimum Gasteiger partial charge on any atom is -0.473 e. The number of hydrogen-bond donors (Lipinski definition) is 0. The van der Waals surface area contributed by atoms with Crippen molar-refractivity contribution in [2.45, 2.75) is 38.2 Å². The Kier molecular flexibility index (Phi) is 6.39. The summed E-state index contributed by atoms with van der Waals surface area (Å²) in [5.74, 6) is 1.50. The fourth-order valence-electron chi connectivity index (χ4n) is 3.89. The van der Waals surface area contributed by atoms with E-state index in [2.05, 4.69) is 15.1 Å². The summed E-state index contributed by atoms with van der Waals surface area (Å²) in [6, 6.07) is 13.8. The van der Waals surface area contributed by atoms with Crippen LogP contribution >= 0.6 is 0 Å². The van der Waals surface area contributed by atoms with E-state index in [1.54, 1.807) is 6.08 Å². The topological polar surface area (TPSA) is 58.6 Å². The zero-order valence-electron chi connectivity index (χ0n) is 16.7. The van der Waals surface area contributed by atoms with Gasteiger partial charge in [0.25, 0.3) is 0 Å². The molecular weight excluding hydrogens is 364 g/mol. The van der Waals surface area contributed by atoms with Crippen LogP contribution in [0.4, 0.5) is 5.82 Å². The molecule has 6 nitrogen and oxygen atoms in total. The first-order valence-electron chi connectivity index (χ1n) is 10.6. The van der Waals surface area contributed by atoms with Gasteiger partial charge >= 0.3 is 0 Å². The molecule has 2 aliphatic rings. The van der Waals surface area contributed by atoms with Crippen LogP contribution < -0.4 is 9.64 Å². The van der Waals surface area contributed by atoms with Crippen LogP contribution in [0.15, 0.2) is 48.5 Å². The summed E-state index contributed by atoms with van der Waals surface area (Å²) in [5, 5.41) is 8.61. The maximum atomic E-state index is 12.4. The number of aromatic nitrogens is 2. The van der Waals surface area contributed by atoms with Gasteiger partial charge in [0.2, 0.25) is 11.8 Å². The van der Waals surface area contributed by atoms with E-state index in [0.29, 0.717) is 19.0 Å². The summed E-state index contributed by atoms with van der Waals surface area (Å²) in [5.41, 5.74) is 1.03. The van der Waals surface area contributed by atoms with Crippen LogP contribution in [0.25, 0.3) is 6.08 Å². The lowest BCUT2D eigenvalue weighted by Gasteiger charge is -2.34. The molecule has 1 amide bonds. The van der Waals surface area contributed by atoms with Crippen LogP contribution in [-0.2, 0) is 4.79 Å². The fraction of sp³-hybridized carbons (Fsp3) is 0.435. The van der Waals surface area contributed by atoms with E-state index < -0.39 is 0 Å². The zero-order chi connectivity index (χ0) is 19.9. The highest BCUT2D eigenvalue weighted by atomic mass is 16.5. The molecule has 1 aromatic carbocycles. The minimum absolute atomic E-state index is 0.0517. The standard InChI is InChI=1S/C23H28N4O2/c28-23(14-11-19-7-3-1-4-8-19)27-17-15-26(16-18-27)21-12-13-22(25-24-21)29-20-9-5-2-6-10-20/h1,3-4,7-8,11-14,20H,2,5-6,9-10,15-18H2/b14-11+. The summed E-state index contributed by atoms with van der Waals surface area (Å²) in [6.07, 6.45) is 9.80. The van der Waals surface area contributed by atoms with Crippen LogP contribution in [0.2, 0.25) is 0 Å². The third-order valence-corrected chi connectivity index (χ3v) is 5.60. The summed E-state index contributed by atoms with van der Waals surface area (Å²) in [4.78, 5) is 16.5. The maximum absolute atomic E-state index is 12.4. The van der Waals surface area contributed by atoms with Crippen molar-refractivity contribution in [1.82, 2.24) is 15.1 Å². The molecule has 6 heteroatoms. The SMILES string of the molecule is O=C(/C=C/c1ccccc1)N1CCN(c2ccc(OC3CCCCC3)nn2)CC1. The highest BCUT2D eigenvalue weighted by molar-refractivity contribution is 5.91. The first-order chi connectivity index (χ1) is 14.3. The van der Waals surface area contributed by atoms with Crippen LogP contribution in [0, 0.1) is 0 Å². The molecule has 1 saturated carbocycles. The lowest BCUT2D eigenvalue weighted by molar-refractivity contribution is -0.126. The summed E-state index contributed by atoms with van der Waals surface area (Å²) < 4.78 is 5.96. The first-order valence-corrected chi connectivity index (χ1v) is 10.6. The molecule has 29 heavy (non-hydrogen) atoms. The van der Waals surface area contributed by atoms with E-state index in [-0.39, 0.29) is 12.0 Å². The van der Waals surface area contributed by atoms with Crippen molar-refractivity contribution < 1.29 is 9.53 Å². The van der Waals surface area contributed by atoms with Gasteiger partial charge in [-0.15, -0.1) is 10.2 Å². The molecule has 0 N–H and O–H groups in total. The number of carbonyl (C=O) groups excluding carboxylic acids is 1. The molecule has 2 fully saturated rings. The molecule has 0 bridgehead atoms. The number of benzene rings is 1. The molecule has 2 aromatic rings. The van der Waals surface area contributed by atoms with Crippen molar-refractivity contribution in [3.63, 3.8) is 0 Å². The summed E-state index contributed by atoms with van der Waals surface area (Å²) >= 11 is 0. The van der Waals surface area contributed by atoms with Crippen LogP contribution in [0.3, 0.4) is 0 Å². The number of anilines is 1. The van der Waals surface area contributed by atoms with Gasteiger partial charge < -0.3 is 14.5 Å². The molecular formula is C23H28N4O2. The van der Waals surface area contributed by atoms with Crippen molar-refractivity contribution in [3.8, 4) is 5.88 Å². The lowest BCUT2D eigenvalue weighted by Crippen LogP contribution is -2.48. The Morgan fingerprint density at radius 1 is 0.931 bits per heavy atom. The van der Waals surface area contributed by atoms with Crippen molar-refractivity contribution in [1.29, 1.82) is 0 Å². The second-order valence-corrected chi connectivity index (χ2v) is 7.66. The molecule has 1 aliphatic carbocycles. The molecule has 1 aromatic heterocycles. The molecule has 4 rings (SSSR count). The Labute approximate surface area is 172 Å². The van der Waals surface area contributed by atoms with E-state index in [9.17, 15) is 4.79 Å². The van der Waals surface area contributed by atoms with E-state index in [0.717, 1.165) is 37.3 Å². The van der Waals surface area contributed by atoms with Gasteiger partial charge in [-0.2, -0.15) is 0 Å². The molecule has 0 atom stereocenters. The molecule has 2 heterocycles. The summed E-state index contributed by atoms with van der Waals surface area (Å²) in [7, 11) is 0. The molecule has 152 valence electrons. The van der Waals surface area contributed by atoms with E-state index in [1.165, 1.54) is 19.3 Å². The third-order valence-electron chi connectivity index (χ3n) is 5.60. The normalized spacial score (nSPS) is 18.2. The van der Waals surface area contributed by atoms with Crippen molar-refractivity contribution in [2.24, 2.45) is 0 Å². The van der Waals surface area contributed by atoms with Crippen molar-refractivity contribution >= 4 is 17.8 Å². The quantitative estimate of drug-likeness (QED) is 0.729. The van der Waals surface area contributed by atoms with Crippen molar-refractivity contribution in [2.75, 3.05) is 31.1 Å². The average Bonchev–Trinajstić information content (AvgIpc) is 2.79. The number of nitrogens with zero attached hydrogens (tertiary/aromatic N) is 4. The highest BCUT2D eigenvalue weighted by Gasteiger charge is 2.21. The zero-order valence-corrected chi connectivity index (χ0v) is 16.7. The predicted octanol–water partition coefficient (Wildman–Crippen LogP) is 3.55. The Morgan fingerprint density at radius 2 is 1.69 bits per heavy atom.